The van der Waals surface area contributed by atoms with Crippen molar-refractivity contribution in [1.29, 1.82) is 0 Å². The van der Waals surface area contributed by atoms with Crippen molar-refractivity contribution in [3.63, 3.8) is 0 Å². The second-order valence-electron chi connectivity index (χ2n) is 3.78. The number of carbonyl (C=O) groups is 3. The number of nitrogens with two attached hydrogens (primary N) is 1. The van der Waals surface area contributed by atoms with Gasteiger partial charge in [0.15, 0.2) is 0 Å². The molecule has 0 unspecified atom stereocenters. The van der Waals surface area contributed by atoms with Gasteiger partial charge in [0, 0.05) is 8.95 Å². The molecule has 0 saturated heterocycles. The van der Waals surface area contributed by atoms with Crippen LogP contribution in [0.4, 0.5) is 10.5 Å². The van der Waals surface area contributed by atoms with Gasteiger partial charge in [0.05, 0.1) is 12.1 Å². The van der Waals surface area contributed by atoms with E-state index >= 15 is 0 Å². The topological polar surface area (TPSA) is 122 Å². The second-order valence-corrected chi connectivity index (χ2v) is 5.55. The molecule has 0 bridgehead atoms. The number of amides is 3. The van der Waals surface area contributed by atoms with Crippen molar-refractivity contribution in [1.82, 2.24) is 5.32 Å². The molecular formula is C11H11Br2N3O4. The Morgan fingerprint density at radius 3 is 2.50 bits per heavy atom. The lowest BCUT2D eigenvalue weighted by atomic mass is 10.2. The highest BCUT2D eigenvalue weighted by Crippen LogP contribution is 2.25. The molecule has 1 aromatic carbocycles. The minimum absolute atomic E-state index is 0.445. The minimum Gasteiger partial charge on any atom is -0.480 e. The molecule has 0 fully saturated rings. The lowest BCUT2D eigenvalue weighted by molar-refractivity contribution is -0.140. The van der Waals surface area contributed by atoms with E-state index in [0.717, 1.165) is 4.47 Å². The van der Waals surface area contributed by atoms with Crippen molar-refractivity contribution < 1.29 is 19.5 Å². The van der Waals surface area contributed by atoms with Gasteiger partial charge >= 0.3 is 12.0 Å². The van der Waals surface area contributed by atoms with Gasteiger partial charge in [-0.1, -0.05) is 15.9 Å². The number of anilines is 1. The molecule has 9 heteroatoms. The van der Waals surface area contributed by atoms with Crippen LogP contribution in [0.3, 0.4) is 0 Å². The summed E-state index contributed by atoms with van der Waals surface area (Å²) in [6.07, 6.45) is -0.484. The van der Waals surface area contributed by atoms with E-state index < -0.39 is 30.4 Å². The van der Waals surface area contributed by atoms with Gasteiger partial charge in [0.2, 0.25) is 5.91 Å². The molecule has 1 atom stereocenters. The fourth-order valence-electron chi connectivity index (χ4n) is 1.31. The third kappa shape index (κ3) is 5.17. The molecule has 3 amide bonds. The summed E-state index contributed by atoms with van der Waals surface area (Å²) in [5, 5.41) is 13.5. The highest BCUT2D eigenvalue weighted by molar-refractivity contribution is 9.11. The van der Waals surface area contributed by atoms with Crippen LogP contribution in [0.25, 0.3) is 0 Å². The lowest BCUT2D eigenvalue weighted by Crippen LogP contribution is -2.45. The first-order valence-corrected chi connectivity index (χ1v) is 6.92. The molecular weight excluding hydrogens is 398 g/mol. The first kappa shape index (κ1) is 16.4. The van der Waals surface area contributed by atoms with E-state index in [0.29, 0.717) is 10.2 Å². The summed E-state index contributed by atoms with van der Waals surface area (Å²) in [5.41, 5.74) is 5.36. The maximum atomic E-state index is 11.7. The number of halogens is 2. The highest BCUT2D eigenvalue weighted by atomic mass is 79.9. The number of hydrogen-bond acceptors (Lipinski definition) is 3. The van der Waals surface area contributed by atoms with Crippen LogP contribution >= 0.6 is 31.9 Å². The van der Waals surface area contributed by atoms with Crippen molar-refractivity contribution in [3.05, 3.63) is 27.1 Å². The van der Waals surface area contributed by atoms with Crippen LogP contribution in [-0.2, 0) is 9.59 Å². The zero-order valence-electron chi connectivity index (χ0n) is 10.0. The molecule has 7 nitrogen and oxygen atoms in total. The van der Waals surface area contributed by atoms with Gasteiger partial charge in [-0.05, 0) is 34.1 Å². The van der Waals surface area contributed by atoms with Crippen molar-refractivity contribution >= 4 is 55.5 Å². The molecule has 0 spiro atoms. The average molecular weight is 409 g/mol. The second kappa shape index (κ2) is 7.25. The summed E-state index contributed by atoms with van der Waals surface area (Å²) in [7, 11) is 0. The summed E-state index contributed by atoms with van der Waals surface area (Å²) in [5.74, 6) is -2.16. The number of urea groups is 1. The number of carbonyl (C=O) groups excluding carboxylic acids is 2. The molecule has 0 aliphatic heterocycles. The van der Waals surface area contributed by atoms with Gasteiger partial charge < -0.3 is 21.5 Å². The molecule has 0 aliphatic carbocycles. The Bertz CT molecular complexity index is 550. The van der Waals surface area contributed by atoms with Gasteiger partial charge in [0.25, 0.3) is 0 Å². The lowest BCUT2D eigenvalue weighted by Gasteiger charge is -2.14. The predicted molar refractivity (Wildman–Crippen MR) is 79.2 cm³/mol. The van der Waals surface area contributed by atoms with Crippen LogP contribution < -0.4 is 16.4 Å². The number of aliphatic carboxylic acids is 1. The van der Waals surface area contributed by atoms with Crippen LogP contribution in [-0.4, -0.2) is 29.1 Å². The molecule has 0 aliphatic rings. The fraction of sp³-hybridized carbons (Fsp3) is 0.182. The maximum Gasteiger partial charge on any atom is 0.326 e. The largest absolute Gasteiger partial charge is 0.480 e. The minimum atomic E-state index is -1.38. The first-order valence-electron chi connectivity index (χ1n) is 5.33. The standard InChI is InChI=1S/C11H11Br2N3O4/c12-5-1-2-6(13)7(3-5)15-11(20)16-8(10(18)19)4-9(14)17/h1-3,8H,4H2,(H2,14,17)(H,18,19)(H2,15,16,20)/t8-/m1/s1. The Morgan fingerprint density at radius 2 is 1.95 bits per heavy atom. The van der Waals surface area contributed by atoms with Crippen LogP contribution in [0.5, 0.6) is 0 Å². The molecule has 1 rings (SSSR count). The molecule has 20 heavy (non-hydrogen) atoms. The van der Waals surface area contributed by atoms with Gasteiger partial charge in [0.1, 0.15) is 6.04 Å². The van der Waals surface area contributed by atoms with Crippen molar-refractivity contribution in [2.24, 2.45) is 5.73 Å². The van der Waals surface area contributed by atoms with E-state index in [2.05, 4.69) is 42.5 Å². The quantitative estimate of drug-likeness (QED) is 0.591. The van der Waals surface area contributed by atoms with Crippen LogP contribution in [0, 0.1) is 0 Å². The van der Waals surface area contributed by atoms with Gasteiger partial charge in [-0.3, -0.25) is 4.79 Å². The number of benzene rings is 1. The predicted octanol–water partition coefficient (Wildman–Crippen LogP) is 1.66. The third-order valence-corrected chi connectivity index (χ3v) is 3.37. The molecule has 5 N–H and O–H groups in total. The zero-order valence-corrected chi connectivity index (χ0v) is 13.2. The molecule has 1 aromatic rings. The first-order chi connectivity index (χ1) is 9.29. The number of carboxylic acids is 1. The van der Waals surface area contributed by atoms with Crippen molar-refractivity contribution in [2.45, 2.75) is 12.5 Å². The summed E-state index contributed by atoms with van der Waals surface area (Å²) in [4.78, 5) is 33.3. The SMILES string of the molecule is NC(=O)C[C@@H](NC(=O)Nc1cc(Br)ccc1Br)C(=O)O. The number of carboxylic acid groups (broad SMARTS) is 1. The van der Waals surface area contributed by atoms with E-state index in [1.807, 2.05) is 0 Å². The molecule has 0 aromatic heterocycles. The summed E-state index contributed by atoms with van der Waals surface area (Å²) in [6.45, 7) is 0. The number of hydrogen-bond donors (Lipinski definition) is 4. The Hall–Kier alpha value is -1.61. The van der Waals surface area contributed by atoms with Crippen molar-refractivity contribution in [2.75, 3.05) is 5.32 Å². The highest BCUT2D eigenvalue weighted by Gasteiger charge is 2.22. The van der Waals surface area contributed by atoms with Gasteiger partial charge in [-0.25, -0.2) is 9.59 Å². The Balaban J connectivity index is 2.72. The van der Waals surface area contributed by atoms with E-state index in [4.69, 9.17) is 10.8 Å². The normalized spacial score (nSPS) is 11.5. The fourth-order valence-corrected chi connectivity index (χ4v) is 2.02. The summed E-state index contributed by atoms with van der Waals surface area (Å²) < 4.78 is 1.36. The van der Waals surface area contributed by atoms with Crippen LogP contribution in [0.15, 0.2) is 27.1 Å². The summed E-state index contributed by atoms with van der Waals surface area (Å²) in [6, 6.07) is 2.97. The maximum absolute atomic E-state index is 11.7. The van der Waals surface area contributed by atoms with Crippen LogP contribution in [0.2, 0.25) is 0 Å². The van der Waals surface area contributed by atoms with E-state index in [1.165, 1.54) is 0 Å². The molecule has 0 saturated carbocycles. The summed E-state index contributed by atoms with van der Waals surface area (Å²) >= 11 is 6.49. The van der Waals surface area contributed by atoms with E-state index in [9.17, 15) is 14.4 Å². The van der Waals surface area contributed by atoms with Gasteiger partial charge in [-0.2, -0.15) is 0 Å². The zero-order chi connectivity index (χ0) is 15.3. The Kier molecular flexibility index (Phi) is 5.96. The monoisotopic (exact) mass is 407 g/mol. The van der Waals surface area contributed by atoms with E-state index in [-0.39, 0.29) is 0 Å². The third-order valence-electron chi connectivity index (χ3n) is 2.19. The van der Waals surface area contributed by atoms with Gasteiger partial charge in [-0.15, -0.1) is 0 Å². The average Bonchev–Trinajstić information content (AvgIpc) is 2.32. The molecule has 108 valence electrons. The molecule has 0 heterocycles. The van der Waals surface area contributed by atoms with Crippen LogP contribution in [0.1, 0.15) is 6.42 Å². The number of primary amides is 1. The van der Waals surface area contributed by atoms with Crippen molar-refractivity contribution in [3.8, 4) is 0 Å². The number of nitrogens with one attached hydrogen (secondary N) is 2. The Labute approximate surface area is 131 Å². The smallest absolute Gasteiger partial charge is 0.326 e. The molecule has 0 radical (unpaired) electrons. The van der Waals surface area contributed by atoms with E-state index in [1.54, 1.807) is 18.2 Å². The number of rotatable bonds is 5. The Morgan fingerprint density at radius 1 is 1.30 bits per heavy atom.